The number of unbranched alkanes of at least 4 members (excludes halogenated alkanes) is 2. The van der Waals surface area contributed by atoms with Crippen molar-refractivity contribution in [2.75, 3.05) is 31.5 Å². The molecule has 8 amide bonds. The lowest BCUT2D eigenvalue weighted by Crippen LogP contribution is -2.54. The summed E-state index contributed by atoms with van der Waals surface area (Å²) < 4.78 is 5.43. The number of likely N-dealkylation sites (tertiary alicyclic amines) is 1. The Labute approximate surface area is 312 Å². The third-order valence-electron chi connectivity index (χ3n) is 9.24. The van der Waals surface area contributed by atoms with Crippen molar-refractivity contribution < 1.29 is 38.3 Å². The molecule has 0 aliphatic carbocycles. The number of imide groups is 1. The van der Waals surface area contributed by atoms with E-state index in [1.807, 2.05) is 20.8 Å². The van der Waals surface area contributed by atoms with Crippen LogP contribution in [0, 0.1) is 17.3 Å². The summed E-state index contributed by atoms with van der Waals surface area (Å²) in [6, 6.07) is 4.18. The summed E-state index contributed by atoms with van der Waals surface area (Å²) in [6.07, 6.45) is 4.27. The number of nitrogens with one attached hydrogen (secondary N) is 4. The van der Waals surface area contributed by atoms with Gasteiger partial charge in [0.15, 0.2) is 0 Å². The van der Waals surface area contributed by atoms with E-state index in [1.165, 1.54) is 11.0 Å². The molecule has 6 N–H and O–H groups in total. The Morgan fingerprint density at radius 2 is 1.66 bits per heavy atom. The minimum Gasteiger partial charge on any atom is -0.445 e. The summed E-state index contributed by atoms with van der Waals surface area (Å²) in [4.78, 5) is 91.2. The smallest absolute Gasteiger partial charge is 0.410 e. The fraction of sp³-hybridized carbons (Fsp3) is 0.605. The third kappa shape index (κ3) is 13.5. The molecule has 1 saturated heterocycles. The zero-order valence-electron chi connectivity index (χ0n) is 31.9. The normalized spacial score (nSPS) is 17.0. The van der Waals surface area contributed by atoms with Crippen molar-refractivity contribution in [2.24, 2.45) is 23.0 Å². The average molecular weight is 740 g/mol. The molecule has 292 valence electrons. The highest BCUT2D eigenvalue weighted by molar-refractivity contribution is 6.16. The molecule has 0 saturated carbocycles. The molecular formula is C38H57N7O8. The molecule has 0 aromatic heterocycles. The topological polar surface area (TPSA) is 209 Å². The lowest BCUT2D eigenvalue weighted by molar-refractivity contribution is -0.137. The number of carbonyl (C=O) groups excluding carboxylic acids is 7. The number of hydrogen-bond acceptors (Lipinski definition) is 8. The maximum absolute atomic E-state index is 13.5. The first-order chi connectivity index (χ1) is 25.0. The maximum Gasteiger partial charge on any atom is 0.410 e. The Morgan fingerprint density at radius 1 is 0.962 bits per heavy atom. The number of anilines is 1. The molecule has 3 rings (SSSR count). The van der Waals surface area contributed by atoms with E-state index in [-0.39, 0.29) is 62.3 Å². The van der Waals surface area contributed by atoms with Gasteiger partial charge in [0.2, 0.25) is 17.7 Å². The minimum absolute atomic E-state index is 0.0859. The van der Waals surface area contributed by atoms with Crippen LogP contribution in [0.4, 0.5) is 15.3 Å². The number of rotatable bonds is 18. The molecule has 1 fully saturated rings. The first kappa shape index (κ1) is 42.5. The molecule has 2 aliphatic heterocycles. The minimum atomic E-state index is -0.997. The second-order valence-corrected chi connectivity index (χ2v) is 15.3. The molecule has 0 bridgehead atoms. The number of carbonyl (C=O) groups is 7. The standard InChI is InChI=1S/C38H57N7O8/c1-24(2)32(43-30(46)12-8-7-9-19-45-31(47)21-28(35(45)50)38(4,5)6)34(49)42-29(11-10-18-40-36(39)51)33(48)41-27-15-13-26(14-16-27)23-53-37(52)44-20-17-25(3)22-44/h13-16,21,24-25,29,32H,7-12,17-20,22-23H2,1-6H3,(H,41,48)(H,42,49)(H,43,46)(H3,39,40,51)/t25-,29-,32-/m0/s1. The van der Waals surface area contributed by atoms with Gasteiger partial charge in [-0.15, -0.1) is 0 Å². The van der Waals surface area contributed by atoms with Gasteiger partial charge in [0, 0.05) is 49.9 Å². The van der Waals surface area contributed by atoms with Crippen LogP contribution in [0.25, 0.3) is 0 Å². The van der Waals surface area contributed by atoms with Crippen molar-refractivity contribution in [2.45, 2.75) is 105 Å². The number of ether oxygens (including phenoxy) is 1. The molecule has 53 heavy (non-hydrogen) atoms. The monoisotopic (exact) mass is 739 g/mol. The zero-order valence-corrected chi connectivity index (χ0v) is 31.9. The van der Waals surface area contributed by atoms with Gasteiger partial charge in [-0.1, -0.05) is 60.1 Å². The van der Waals surface area contributed by atoms with E-state index in [4.69, 9.17) is 10.5 Å². The highest BCUT2D eigenvalue weighted by Crippen LogP contribution is 2.31. The molecule has 15 heteroatoms. The van der Waals surface area contributed by atoms with E-state index in [1.54, 1.807) is 43.0 Å². The van der Waals surface area contributed by atoms with Gasteiger partial charge in [-0.3, -0.25) is 28.9 Å². The van der Waals surface area contributed by atoms with Crippen LogP contribution in [0.2, 0.25) is 0 Å². The number of hydrogen-bond donors (Lipinski definition) is 5. The molecular weight excluding hydrogens is 682 g/mol. The summed E-state index contributed by atoms with van der Waals surface area (Å²) in [7, 11) is 0. The van der Waals surface area contributed by atoms with Crippen LogP contribution in [0.1, 0.15) is 92.1 Å². The Hall–Kier alpha value is -4.95. The van der Waals surface area contributed by atoms with Gasteiger partial charge in [0.25, 0.3) is 11.8 Å². The number of benzene rings is 1. The number of nitrogens with zero attached hydrogens (tertiary/aromatic N) is 2. The van der Waals surface area contributed by atoms with E-state index >= 15 is 0 Å². The fourth-order valence-corrected chi connectivity index (χ4v) is 6.07. The molecule has 0 radical (unpaired) electrons. The Balaban J connectivity index is 1.51. The average Bonchev–Trinajstić information content (AvgIpc) is 3.65. The van der Waals surface area contributed by atoms with E-state index in [2.05, 4.69) is 28.2 Å². The van der Waals surface area contributed by atoms with Gasteiger partial charge in [-0.2, -0.15) is 0 Å². The highest BCUT2D eigenvalue weighted by atomic mass is 16.6. The largest absolute Gasteiger partial charge is 0.445 e. The number of urea groups is 1. The molecule has 3 atom stereocenters. The van der Waals surface area contributed by atoms with Crippen molar-refractivity contribution in [3.8, 4) is 0 Å². The zero-order chi connectivity index (χ0) is 39.3. The maximum atomic E-state index is 13.5. The summed E-state index contributed by atoms with van der Waals surface area (Å²) in [6.45, 7) is 13.2. The van der Waals surface area contributed by atoms with Gasteiger partial charge in [0.05, 0.1) is 0 Å². The Bertz CT molecular complexity index is 1520. The number of nitrogens with two attached hydrogens (primary N) is 1. The van der Waals surface area contributed by atoms with Crippen LogP contribution in [-0.2, 0) is 35.3 Å². The molecule has 0 spiro atoms. The van der Waals surface area contributed by atoms with Gasteiger partial charge < -0.3 is 36.6 Å². The highest BCUT2D eigenvalue weighted by Gasteiger charge is 2.36. The van der Waals surface area contributed by atoms with Crippen LogP contribution in [0.5, 0.6) is 0 Å². The van der Waals surface area contributed by atoms with E-state index in [9.17, 15) is 33.6 Å². The summed E-state index contributed by atoms with van der Waals surface area (Å²) in [5.74, 6) is -1.81. The second kappa shape index (κ2) is 19.8. The molecule has 15 nitrogen and oxygen atoms in total. The van der Waals surface area contributed by atoms with Crippen molar-refractivity contribution in [3.63, 3.8) is 0 Å². The van der Waals surface area contributed by atoms with Crippen molar-refractivity contribution in [1.82, 2.24) is 25.8 Å². The van der Waals surface area contributed by atoms with Crippen molar-refractivity contribution in [3.05, 3.63) is 41.5 Å². The summed E-state index contributed by atoms with van der Waals surface area (Å²) in [5.41, 5.74) is 6.43. The molecule has 2 aliphatic rings. The Kier molecular flexibility index (Phi) is 15.8. The molecule has 0 unspecified atom stereocenters. The number of amides is 8. The predicted molar refractivity (Wildman–Crippen MR) is 199 cm³/mol. The Morgan fingerprint density at radius 3 is 2.25 bits per heavy atom. The fourth-order valence-electron chi connectivity index (χ4n) is 6.07. The summed E-state index contributed by atoms with van der Waals surface area (Å²) >= 11 is 0. The number of primary amides is 1. The third-order valence-corrected chi connectivity index (χ3v) is 9.24. The quantitative estimate of drug-likeness (QED) is 0.111. The SMILES string of the molecule is CC(C)[C@H](NC(=O)CCCCCN1C(=O)C=C(C(C)(C)C)C1=O)C(=O)N[C@@H](CCCNC(N)=O)C(=O)Nc1ccc(COC(=O)N2CC[C@H](C)C2)cc1. The van der Waals surface area contributed by atoms with E-state index < -0.39 is 35.3 Å². The van der Waals surface area contributed by atoms with E-state index in [0.717, 1.165) is 12.0 Å². The lowest BCUT2D eigenvalue weighted by Gasteiger charge is -2.25. The van der Waals surface area contributed by atoms with Gasteiger partial charge in [-0.05, 0) is 67.1 Å². The van der Waals surface area contributed by atoms with Crippen molar-refractivity contribution >= 4 is 47.3 Å². The van der Waals surface area contributed by atoms with Crippen LogP contribution >= 0.6 is 0 Å². The first-order valence-corrected chi connectivity index (χ1v) is 18.5. The van der Waals surface area contributed by atoms with Gasteiger partial charge >= 0.3 is 12.1 Å². The van der Waals surface area contributed by atoms with Crippen LogP contribution in [0.3, 0.4) is 0 Å². The van der Waals surface area contributed by atoms with E-state index in [0.29, 0.717) is 56.0 Å². The molecule has 1 aromatic rings. The van der Waals surface area contributed by atoms with Crippen LogP contribution in [-0.4, -0.2) is 89.7 Å². The first-order valence-electron chi connectivity index (χ1n) is 18.5. The predicted octanol–water partition coefficient (Wildman–Crippen LogP) is 3.58. The van der Waals surface area contributed by atoms with Crippen LogP contribution < -0.4 is 27.0 Å². The molecule has 2 heterocycles. The van der Waals surface area contributed by atoms with Crippen LogP contribution in [0.15, 0.2) is 35.9 Å². The van der Waals surface area contributed by atoms with Crippen molar-refractivity contribution in [1.29, 1.82) is 0 Å². The van der Waals surface area contributed by atoms with Gasteiger partial charge in [0.1, 0.15) is 18.7 Å². The van der Waals surface area contributed by atoms with Gasteiger partial charge in [-0.25, -0.2) is 9.59 Å². The second-order valence-electron chi connectivity index (χ2n) is 15.3. The lowest BCUT2D eigenvalue weighted by atomic mass is 9.86. The summed E-state index contributed by atoms with van der Waals surface area (Å²) in [5, 5.41) is 10.8. The molecule has 1 aromatic carbocycles.